The van der Waals surface area contributed by atoms with Crippen LogP contribution in [-0.4, -0.2) is 29.0 Å². The number of Topliss-reactive ketones (excluding diaryl/α,β-unsaturated/α-hetero) is 1. The van der Waals surface area contributed by atoms with Crippen LogP contribution in [0.5, 0.6) is 0 Å². The van der Waals surface area contributed by atoms with E-state index < -0.39 is 0 Å². The Morgan fingerprint density at radius 3 is 2.76 bits per heavy atom. The van der Waals surface area contributed by atoms with E-state index >= 15 is 0 Å². The van der Waals surface area contributed by atoms with Gasteiger partial charge < -0.3 is 5.11 Å². The first-order chi connectivity index (χ1) is 10.1. The van der Waals surface area contributed by atoms with E-state index in [0.717, 1.165) is 19.3 Å². The Balaban J connectivity index is 2.00. The summed E-state index contributed by atoms with van der Waals surface area (Å²) < 4.78 is 0. The summed E-state index contributed by atoms with van der Waals surface area (Å²) >= 11 is 1.25. The standard InChI is InChI=1S/C17H18O3S/c1-10-2-3-11-7-13-14(8-12(11)6-10)17(20)16(9-15(13)19)21-5-4-18/h7-10,18H,2-6H2,1H3. The number of thioether (sulfide) groups is 1. The van der Waals surface area contributed by atoms with Crippen LogP contribution in [0.25, 0.3) is 0 Å². The molecule has 1 N–H and O–H groups in total. The summed E-state index contributed by atoms with van der Waals surface area (Å²) in [6, 6.07) is 3.84. The lowest BCUT2D eigenvalue weighted by Crippen LogP contribution is -2.20. The number of rotatable bonds is 3. The van der Waals surface area contributed by atoms with Gasteiger partial charge in [-0.25, -0.2) is 0 Å². The molecule has 0 heterocycles. The Hall–Kier alpha value is -1.39. The molecular weight excluding hydrogens is 284 g/mol. The van der Waals surface area contributed by atoms with E-state index in [1.54, 1.807) is 0 Å². The zero-order valence-corrected chi connectivity index (χ0v) is 12.8. The maximum atomic E-state index is 12.5. The molecule has 0 saturated heterocycles. The van der Waals surface area contributed by atoms with Crippen molar-refractivity contribution in [2.75, 3.05) is 12.4 Å². The number of ketones is 2. The minimum Gasteiger partial charge on any atom is -0.396 e. The topological polar surface area (TPSA) is 54.4 Å². The van der Waals surface area contributed by atoms with Crippen molar-refractivity contribution in [2.45, 2.75) is 26.2 Å². The van der Waals surface area contributed by atoms with Crippen LogP contribution in [0.1, 0.15) is 45.2 Å². The molecule has 4 heteroatoms. The fourth-order valence-electron chi connectivity index (χ4n) is 3.04. The van der Waals surface area contributed by atoms with Crippen molar-refractivity contribution >= 4 is 23.3 Å². The van der Waals surface area contributed by atoms with Gasteiger partial charge in [0.25, 0.3) is 0 Å². The van der Waals surface area contributed by atoms with Crippen molar-refractivity contribution in [1.29, 1.82) is 0 Å². The third kappa shape index (κ3) is 2.70. The summed E-state index contributed by atoms with van der Waals surface area (Å²) in [5.41, 5.74) is 3.51. The molecule has 1 unspecified atom stereocenters. The average molecular weight is 302 g/mol. The van der Waals surface area contributed by atoms with Crippen molar-refractivity contribution in [1.82, 2.24) is 0 Å². The molecule has 2 aliphatic rings. The summed E-state index contributed by atoms with van der Waals surface area (Å²) in [6.07, 6.45) is 4.53. The molecule has 21 heavy (non-hydrogen) atoms. The first-order valence-electron chi connectivity index (χ1n) is 7.30. The number of aryl methyl sites for hydroxylation is 1. The maximum absolute atomic E-state index is 12.5. The van der Waals surface area contributed by atoms with E-state index in [4.69, 9.17) is 5.11 Å². The summed E-state index contributed by atoms with van der Waals surface area (Å²) in [6.45, 7) is 2.22. The van der Waals surface area contributed by atoms with E-state index in [0.29, 0.717) is 27.7 Å². The lowest BCUT2D eigenvalue weighted by Gasteiger charge is -2.24. The molecule has 3 rings (SSSR count). The van der Waals surface area contributed by atoms with Gasteiger partial charge >= 0.3 is 0 Å². The van der Waals surface area contributed by atoms with Gasteiger partial charge in [-0.15, -0.1) is 11.8 Å². The van der Waals surface area contributed by atoms with Crippen LogP contribution < -0.4 is 0 Å². The predicted octanol–water partition coefficient (Wildman–Crippen LogP) is 2.80. The Morgan fingerprint density at radius 1 is 1.24 bits per heavy atom. The Kier molecular flexibility index (Phi) is 4.00. The number of carbonyl (C=O) groups excluding carboxylic acids is 2. The first kappa shape index (κ1) is 14.5. The number of hydrogen-bond donors (Lipinski definition) is 1. The highest BCUT2D eigenvalue weighted by Crippen LogP contribution is 2.33. The molecule has 0 amide bonds. The predicted molar refractivity (Wildman–Crippen MR) is 83.9 cm³/mol. The van der Waals surface area contributed by atoms with Crippen LogP contribution in [0.3, 0.4) is 0 Å². The largest absolute Gasteiger partial charge is 0.396 e. The van der Waals surface area contributed by atoms with E-state index in [2.05, 4.69) is 6.92 Å². The van der Waals surface area contributed by atoms with Gasteiger partial charge in [-0.2, -0.15) is 0 Å². The van der Waals surface area contributed by atoms with E-state index in [9.17, 15) is 9.59 Å². The van der Waals surface area contributed by atoms with Gasteiger partial charge in [-0.1, -0.05) is 6.92 Å². The second-order valence-electron chi connectivity index (χ2n) is 5.79. The molecule has 110 valence electrons. The van der Waals surface area contributed by atoms with Crippen molar-refractivity contribution in [3.8, 4) is 0 Å². The molecule has 0 spiro atoms. The van der Waals surface area contributed by atoms with Gasteiger partial charge in [0.15, 0.2) is 11.6 Å². The number of aliphatic hydroxyl groups is 1. The van der Waals surface area contributed by atoms with E-state index in [-0.39, 0.29) is 18.2 Å². The number of carbonyl (C=O) groups is 2. The second-order valence-corrected chi connectivity index (χ2v) is 6.93. The molecule has 0 aromatic heterocycles. The average Bonchev–Trinajstić information content (AvgIpc) is 2.48. The van der Waals surface area contributed by atoms with Crippen molar-refractivity contribution < 1.29 is 14.7 Å². The number of hydrogen-bond acceptors (Lipinski definition) is 4. The molecule has 2 aliphatic carbocycles. The molecular formula is C17H18O3S. The summed E-state index contributed by atoms with van der Waals surface area (Å²) in [5, 5.41) is 8.89. The summed E-state index contributed by atoms with van der Waals surface area (Å²) in [7, 11) is 0. The lowest BCUT2D eigenvalue weighted by atomic mass is 9.81. The van der Waals surface area contributed by atoms with Gasteiger partial charge in [0.05, 0.1) is 11.5 Å². The maximum Gasteiger partial charge on any atom is 0.200 e. The molecule has 1 aromatic rings. The van der Waals surface area contributed by atoms with Crippen LogP contribution in [0.2, 0.25) is 0 Å². The number of fused-ring (bicyclic) bond motifs is 2. The zero-order chi connectivity index (χ0) is 15.0. The lowest BCUT2D eigenvalue weighted by molar-refractivity contribution is 0.0991. The monoisotopic (exact) mass is 302 g/mol. The molecule has 1 aromatic carbocycles. The van der Waals surface area contributed by atoms with Crippen LogP contribution in [0, 0.1) is 5.92 Å². The van der Waals surface area contributed by atoms with Gasteiger partial charge in [0.1, 0.15) is 0 Å². The third-order valence-corrected chi connectivity index (χ3v) is 5.16. The van der Waals surface area contributed by atoms with E-state index in [1.807, 2.05) is 12.1 Å². The SMILES string of the molecule is CC1CCc2cc3c(cc2C1)C(=O)C(SCCO)=CC3=O. The van der Waals surface area contributed by atoms with E-state index in [1.165, 1.54) is 29.0 Å². The smallest absolute Gasteiger partial charge is 0.200 e. The molecule has 3 nitrogen and oxygen atoms in total. The van der Waals surface area contributed by atoms with Crippen LogP contribution in [0.15, 0.2) is 23.1 Å². The molecule has 0 aliphatic heterocycles. The highest BCUT2D eigenvalue weighted by molar-refractivity contribution is 8.04. The third-order valence-electron chi connectivity index (χ3n) is 4.16. The number of benzene rings is 1. The normalized spacial score (nSPS) is 20.9. The fraction of sp³-hybridized carbons (Fsp3) is 0.412. The molecule has 0 saturated carbocycles. The molecule has 0 fully saturated rings. The summed E-state index contributed by atoms with van der Waals surface area (Å²) in [5.74, 6) is 0.890. The number of allylic oxidation sites excluding steroid dienone is 2. The van der Waals surface area contributed by atoms with Crippen molar-refractivity contribution in [3.63, 3.8) is 0 Å². The quantitative estimate of drug-likeness (QED) is 0.933. The molecule has 0 radical (unpaired) electrons. The first-order valence-corrected chi connectivity index (χ1v) is 8.29. The van der Waals surface area contributed by atoms with Crippen molar-refractivity contribution in [3.05, 3.63) is 45.4 Å². The molecule has 0 bridgehead atoms. The van der Waals surface area contributed by atoms with Gasteiger partial charge in [0.2, 0.25) is 0 Å². The minimum absolute atomic E-state index is 0.00195. The Morgan fingerprint density at radius 2 is 2.00 bits per heavy atom. The van der Waals surface area contributed by atoms with Gasteiger partial charge in [-0.05, 0) is 48.4 Å². The van der Waals surface area contributed by atoms with Crippen LogP contribution in [-0.2, 0) is 12.8 Å². The van der Waals surface area contributed by atoms with Gasteiger partial charge in [0, 0.05) is 23.0 Å². The van der Waals surface area contributed by atoms with Gasteiger partial charge in [-0.3, -0.25) is 9.59 Å². The second kappa shape index (κ2) is 5.78. The minimum atomic E-state index is -0.0912. The Bertz CT molecular complexity index is 646. The van der Waals surface area contributed by atoms with Crippen LogP contribution in [0.4, 0.5) is 0 Å². The highest BCUT2D eigenvalue weighted by atomic mass is 32.2. The summed E-state index contributed by atoms with van der Waals surface area (Å²) in [4.78, 5) is 25.2. The fourth-order valence-corrected chi connectivity index (χ4v) is 3.78. The van der Waals surface area contributed by atoms with Crippen LogP contribution >= 0.6 is 11.8 Å². The zero-order valence-electron chi connectivity index (χ0n) is 12.0. The number of aliphatic hydroxyl groups excluding tert-OH is 1. The van der Waals surface area contributed by atoms with Crippen molar-refractivity contribution in [2.24, 2.45) is 5.92 Å². The Labute approximate surface area is 128 Å². The molecule has 1 atom stereocenters. The highest BCUT2D eigenvalue weighted by Gasteiger charge is 2.28.